The molecule has 31 heavy (non-hydrogen) atoms. The van der Waals surface area contributed by atoms with Gasteiger partial charge < -0.3 is 9.64 Å². The number of ether oxygens (including phenoxy) is 1. The minimum Gasteiger partial charge on any atom is -0.379 e. The summed E-state index contributed by atoms with van der Waals surface area (Å²) in [5.74, 6) is -0.00302. The standard InChI is InChI=1S/C22H25F3N4O2/c23-22(24,25)18-5-1-3-16(13-18)20-21(27-7-6-26-20)17-4-2-8-29(14-17)19(30)15-28-9-11-31-12-10-28/h1,3,5-7,13,17H,2,4,8-12,14-15H2/t17-/m0/s1. The van der Waals surface area contributed by atoms with Crippen LogP contribution >= 0.6 is 0 Å². The number of morpholine rings is 1. The summed E-state index contributed by atoms with van der Waals surface area (Å²) >= 11 is 0. The number of rotatable bonds is 4. The van der Waals surface area contributed by atoms with Gasteiger partial charge in [0.15, 0.2) is 0 Å². The van der Waals surface area contributed by atoms with Gasteiger partial charge >= 0.3 is 6.18 Å². The molecule has 0 N–H and O–H groups in total. The van der Waals surface area contributed by atoms with Crippen LogP contribution in [0.4, 0.5) is 13.2 Å². The summed E-state index contributed by atoms with van der Waals surface area (Å²) < 4.78 is 44.9. The van der Waals surface area contributed by atoms with Crippen molar-refractivity contribution in [1.29, 1.82) is 0 Å². The highest BCUT2D eigenvalue weighted by molar-refractivity contribution is 5.78. The second kappa shape index (κ2) is 9.32. The molecule has 1 aromatic heterocycles. The van der Waals surface area contributed by atoms with Crippen molar-refractivity contribution in [3.8, 4) is 11.3 Å². The second-order valence-electron chi connectivity index (χ2n) is 7.94. The number of alkyl halides is 3. The predicted octanol–water partition coefficient (Wildman–Crippen LogP) is 3.20. The highest BCUT2D eigenvalue weighted by Crippen LogP contribution is 2.35. The molecule has 2 fully saturated rings. The molecule has 0 radical (unpaired) electrons. The van der Waals surface area contributed by atoms with E-state index >= 15 is 0 Å². The Hall–Kier alpha value is -2.52. The van der Waals surface area contributed by atoms with Gasteiger partial charge in [-0.15, -0.1) is 0 Å². The third kappa shape index (κ3) is 5.22. The fraction of sp³-hybridized carbons (Fsp3) is 0.500. The molecule has 2 aliphatic rings. The summed E-state index contributed by atoms with van der Waals surface area (Å²) in [4.78, 5) is 25.6. The largest absolute Gasteiger partial charge is 0.416 e. The van der Waals surface area contributed by atoms with Crippen molar-refractivity contribution in [3.05, 3.63) is 47.9 Å². The van der Waals surface area contributed by atoms with Crippen LogP contribution in [-0.2, 0) is 15.7 Å². The van der Waals surface area contributed by atoms with Crippen molar-refractivity contribution in [2.24, 2.45) is 0 Å². The van der Waals surface area contributed by atoms with E-state index in [1.54, 1.807) is 12.3 Å². The maximum absolute atomic E-state index is 13.2. The van der Waals surface area contributed by atoms with Gasteiger partial charge in [-0.25, -0.2) is 0 Å². The second-order valence-corrected chi connectivity index (χ2v) is 7.94. The Labute approximate surface area is 179 Å². The molecule has 0 bridgehead atoms. The highest BCUT2D eigenvalue weighted by Gasteiger charge is 2.32. The molecule has 0 spiro atoms. The number of amides is 1. The molecular weight excluding hydrogens is 409 g/mol. The number of aromatic nitrogens is 2. The van der Waals surface area contributed by atoms with Gasteiger partial charge in [-0.2, -0.15) is 13.2 Å². The zero-order valence-electron chi connectivity index (χ0n) is 17.1. The van der Waals surface area contributed by atoms with E-state index in [1.807, 2.05) is 4.90 Å². The molecule has 1 amide bonds. The van der Waals surface area contributed by atoms with Gasteiger partial charge in [-0.05, 0) is 25.0 Å². The van der Waals surface area contributed by atoms with Crippen LogP contribution in [0.15, 0.2) is 36.7 Å². The van der Waals surface area contributed by atoms with Gasteiger partial charge in [0, 0.05) is 50.1 Å². The number of benzene rings is 1. The van der Waals surface area contributed by atoms with Gasteiger partial charge in [-0.3, -0.25) is 19.7 Å². The van der Waals surface area contributed by atoms with Gasteiger partial charge in [0.25, 0.3) is 0 Å². The lowest BCUT2D eigenvalue weighted by molar-refractivity contribution is -0.137. The number of likely N-dealkylation sites (tertiary alicyclic amines) is 1. The lowest BCUT2D eigenvalue weighted by atomic mass is 9.91. The maximum atomic E-state index is 13.2. The van der Waals surface area contributed by atoms with Crippen LogP contribution < -0.4 is 0 Å². The van der Waals surface area contributed by atoms with Crippen molar-refractivity contribution in [2.75, 3.05) is 45.9 Å². The van der Waals surface area contributed by atoms with Crippen LogP contribution in [0.1, 0.15) is 30.0 Å². The first-order chi connectivity index (χ1) is 14.9. The lowest BCUT2D eigenvalue weighted by Gasteiger charge is -2.35. The van der Waals surface area contributed by atoms with Crippen molar-refractivity contribution in [3.63, 3.8) is 0 Å². The fourth-order valence-corrected chi connectivity index (χ4v) is 4.19. The molecule has 1 aromatic carbocycles. The third-order valence-corrected chi connectivity index (χ3v) is 5.81. The summed E-state index contributed by atoms with van der Waals surface area (Å²) in [6.45, 7) is 4.29. The van der Waals surface area contributed by atoms with Crippen molar-refractivity contribution >= 4 is 5.91 Å². The average molecular weight is 434 g/mol. The number of piperidine rings is 1. The van der Waals surface area contributed by atoms with Crippen molar-refractivity contribution in [2.45, 2.75) is 24.9 Å². The summed E-state index contributed by atoms with van der Waals surface area (Å²) in [5.41, 5.74) is 0.758. The molecule has 2 aliphatic heterocycles. The van der Waals surface area contributed by atoms with Crippen LogP contribution in [0.25, 0.3) is 11.3 Å². The minimum atomic E-state index is -4.42. The smallest absolute Gasteiger partial charge is 0.379 e. The van der Waals surface area contributed by atoms with Crippen molar-refractivity contribution < 1.29 is 22.7 Å². The number of hydrogen-bond acceptors (Lipinski definition) is 5. The summed E-state index contributed by atoms with van der Waals surface area (Å²) in [6.07, 6.45) is 0.250. The molecule has 2 aromatic rings. The lowest BCUT2D eigenvalue weighted by Crippen LogP contribution is -2.47. The number of halogens is 3. The normalized spacial score (nSPS) is 20.6. The Morgan fingerprint density at radius 3 is 2.68 bits per heavy atom. The van der Waals surface area contributed by atoms with E-state index < -0.39 is 11.7 Å². The van der Waals surface area contributed by atoms with Gasteiger partial charge in [-0.1, -0.05) is 12.1 Å². The zero-order valence-corrected chi connectivity index (χ0v) is 17.1. The molecule has 166 valence electrons. The highest BCUT2D eigenvalue weighted by atomic mass is 19.4. The molecule has 9 heteroatoms. The first kappa shape index (κ1) is 21.7. The Kier molecular flexibility index (Phi) is 6.52. The van der Waals surface area contributed by atoms with Crippen LogP contribution in [0.3, 0.4) is 0 Å². The molecule has 0 saturated carbocycles. The Bertz CT molecular complexity index is 916. The first-order valence-corrected chi connectivity index (χ1v) is 10.5. The van der Waals surface area contributed by atoms with Crippen molar-refractivity contribution in [1.82, 2.24) is 19.8 Å². The minimum absolute atomic E-state index is 0.0658. The van der Waals surface area contributed by atoms with Gasteiger partial charge in [0.05, 0.1) is 36.7 Å². The molecule has 0 unspecified atom stereocenters. The molecule has 4 rings (SSSR count). The fourth-order valence-electron chi connectivity index (χ4n) is 4.19. The topological polar surface area (TPSA) is 58.6 Å². The molecule has 0 aliphatic carbocycles. The van der Waals surface area contributed by atoms with Crippen LogP contribution in [0.2, 0.25) is 0 Å². The summed E-state index contributed by atoms with van der Waals surface area (Å²) in [5, 5.41) is 0. The van der Waals surface area contributed by atoms with E-state index in [1.165, 1.54) is 12.3 Å². The predicted molar refractivity (Wildman–Crippen MR) is 108 cm³/mol. The number of carbonyl (C=O) groups excluding carboxylic acids is 1. The van der Waals surface area contributed by atoms with Crippen LogP contribution in [-0.4, -0.2) is 71.6 Å². The van der Waals surface area contributed by atoms with E-state index in [9.17, 15) is 18.0 Å². The van der Waals surface area contributed by atoms with E-state index in [2.05, 4.69) is 14.9 Å². The third-order valence-electron chi connectivity index (χ3n) is 5.81. The zero-order chi connectivity index (χ0) is 21.8. The molecule has 6 nitrogen and oxygen atoms in total. The Morgan fingerprint density at radius 1 is 1.13 bits per heavy atom. The molecule has 2 saturated heterocycles. The van der Waals surface area contributed by atoms with E-state index in [4.69, 9.17) is 4.74 Å². The van der Waals surface area contributed by atoms with E-state index in [0.717, 1.165) is 38.1 Å². The van der Waals surface area contributed by atoms with Gasteiger partial charge in [0.2, 0.25) is 5.91 Å². The number of nitrogens with zero attached hydrogens (tertiary/aromatic N) is 4. The van der Waals surface area contributed by atoms with E-state index in [-0.39, 0.29) is 11.8 Å². The maximum Gasteiger partial charge on any atom is 0.416 e. The number of carbonyl (C=O) groups is 1. The molecule has 3 heterocycles. The molecular formula is C22H25F3N4O2. The monoisotopic (exact) mass is 434 g/mol. The van der Waals surface area contributed by atoms with Gasteiger partial charge in [0.1, 0.15) is 0 Å². The Balaban J connectivity index is 1.53. The summed E-state index contributed by atoms with van der Waals surface area (Å²) in [6, 6.07) is 5.16. The van der Waals surface area contributed by atoms with E-state index in [0.29, 0.717) is 49.8 Å². The van der Waals surface area contributed by atoms with Crippen LogP contribution in [0, 0.1) is 0 Å². The Morgan fingerprint density at radius 2 is 1.90 bits per heavy atom. The first-order valence-electron chi connectivity index (χ1n) is 10.5. The number of hydrogen-bond donors (Lipinski definition) is 0. The SMILES string of the molecule is O=C(CN1CCOCC1)N1CCC[C@H](c2nccnc2-c2cccc(C(F)(F)F)c2)C1. The average Bonchev–Trinajstić information content (AvgIpc) is 2.79. The summed E-state index contributed by atoms with van der Waals surface area (Å²) in [7, 11) is 0. The van der Waals surface area contributed by atoms with Crippen LogP contribution in [0.5, 0.6) is 0 Å². The molecule has 1 atom stereocenters. The quantitative estimate of drug-likeness (QED) is 0.740.